The third-order valence-corrected chi connectivity index (χ3v) is 3.11. The molecule has 1 N–H and O–H groups in total. The summed E-state index contributed by atoms with van der Waals surface area (Å²) in [5.74, 6) is 3.44. The molecule has 0 aliphatic heterocycles. The summed E-state index contributed by atoms with van der Waals surface area (Å²) in [5, 5.41) is 11.9. The number of nitrogens with zero attached hydrogens (tertiary/aromatic N) is 1. The Morgan fingerprint density at radius 3 is 3.00 bits per heavy atom. The van der Waals surface area contributed by atoms with Crippen molar-refractivity contribution < 1.29 is 4.42 Å². The van der Waals surface area contributed by atoms with Gasteiger partial charge in [-0.05, 0) is 24.8 Å². The van der Waals surface area contributed by atoms with Gasteiger partial charge < -0.3 is 9.73 Å². The van der Waals surface area contributed by atoms with E-state index in [9.17, 15) is 0 Å². The lowest BCUT2D eigenvalue weighted by Gasteiger charge is -2.11. The second kappa shape index (κ2) is 6.54. The van der Waals surface area contributed by atoms with Crippen LogP contribution < -0.4 is 5.32 Å². The van der Waals surface area contributed by atoms with Crippen LogP contribution in [0.15, 0.2) is 16.5 Å². The van der Waals surface area contributed by atoms with Gasteiger partial charge in [-0.2, -0.15) is 17.0 Å². The number of thioether (sulfide) groups is 1. The summed E-state index contributed by atoms with van der Waals surface area (Å²) in [6, 6.07) is 5.97. The van der Waals surface area contributed by atoms with Crippen LogP contribution in [0.2, 0.25) is 0 Å². The Hall–Kier alpha value is -0.920. The number of nitriles is 1. The van der Waals surface area contributed by atoms with Crippen molar-refractivity contribution in [2.45, 2.75) is 26.4 Å². The Morgan fingerprint density at radius 1 is 1.60 bits per heavy atom. The summed E-state index contributed by atoms with van der Waals surface area (Å²) in [5.41, 5.74) is 0. The molecule has 1 heterocycles. The van der Waals surface area contributed by atoms with E-state index in [0.717, 1.165) is 17.3 Å². The molecule has 0 saturated carbocycles. The van der Waals surface area contributed by atoms with E-state index in [2.05, 4.69) is 19.2 Å². The molecule has 0 bridgehead atoms. The van der Waals surface area contributed by atoms with Crippen LogP contribution in [0.4, 0.5) is 0 Å². The van der Waals surface area contributed by atoms with Crippen LogP contribution in [-0.2, 0) is 6.54 Å². The molecule has 1 unspecified atom stereocenters. The highest BCUT2D eigenvalue weighted by molar-refractivity contribution is 7.99. The molecule has 0 fully saturated rings. The average molecular weight is 224 g/mol. The van der Waals surface area contributed by atoms with Crippen LogP contribution in [-0.4, -0.2) is 17.5 Å². The number of hydrogen-bond acceptors (Lipinski definition) is 4. The maximum Gasteiger partial charge on any atom is 0.203 e. The predicted molar refractivity (Wildman–Crippen MR) is 62.7 cm³/mol. The molecule has 1 atom stereocenters. The summed E-state index contributed by atoms with van der Waals surface area (Å²) in [4.78, 5) is 0. The Balaban J connectivity index is 2.27. The number of hydrogen-bond donors (Lipinski definition) is 1. The van der Waals surface area contributed by atoms with Gasteiger partial charge in [0.15, 0.2) is 0 Å². The minimum Gasteiger partial charge on any atom is -0.449 e. The van der Waals surface area contributed by atoms with Gasteiger partial charge in [-0.25, -0.2) is 0 Å². The predicted octanol–water partition coefficient (Wildman–Crippen LogP) is 2.38. The average Bonchev–Trinajstić information content (AvgIpc) is 2.71. The zero-order valence-corrected chi connectivity index (χ0v) is 9.93. The maximum absolute atomic E-state index is 8.58. The quantitative estimate of drug-likeness (QED) is 0.806. The van der Waals surface area contributed by atoms with Crippen molar-refractivity contribution >= 4 is 11.8 Å². The van der Waals surface area contributed by atoms with Crippen LogP contribution in [0, 0.1) is 11.3 Å². The first-order valence-electron chi connectivity index (χ1n) is 5.06. The van der Waals surface area contributed by atoms with Crippen LogP contribution in [0.3, 0.4) is 0 Å². The molecule has 0 amide bonds. The van der Waals surface area contributed by atoms with E-state index in [1.165, 1.54) is 0 Å². The molecule has 1 aromatic heterocycles. The summed E-state index contributed by atoms with van der Waals surface area (Å²) < 4.78 is 5.26. The molecule has 0 saturated heterocycles. The molecule has 15 heavy (non-hydrogen) atoms. The summed E-state index contributed by atoms with van der Waals surface area (Å²) >= 11 is 1.92. The van der Waals surface area contributed by atoms with E-state index in [4.69, 9.17) is 9.68 Å². The van der Waals surface area contributed by atoms with Gasteiger partial charge in [0.1, 0.15) is 11.8 Å². The topological polar surface area (TPSA) is 49.0 Å². The number of nitrogens with one attached hydrogen (secondary N) is 1. The van der Waals surface area contributed by atoms with Crippen molar-refractivity contribution in [3.63, 3.8) is 0 Å². The van der Waals surface area contributed by atoms with Crippen molar-refractivity contribution in [2.75, 3.05) is 11.5 Å². The molecular weight excluding hydrogens is 208 g/mol. The van der Waals surface area contributed by atoms with Gasteiger partial charge in [0.2, 0.25) is 5.76 Å². The van der Waals surface area contributed by atoms with Gasteiger partial charge in [-0.3, -0.25) is 0 Å². The molecule has 0 aromatic carbocycles. The van der Waals surface area contributed by atoms with Crippen LogP contribution in [0.5, 0.6) is 0 Å². The lowest BCUT2D eigenvalue weighted by molar-refractivity contribution is 0.459. The van der Waals surface area contributed by atoms with Crippen molar-refractivity contribution in [2.24, 2.45) is 0 Å². The molecule has 0 aliphatic rings. The second-order valence-electron chi connectivity index (χ2n) is 3.32. The van der Waals surface area contributed by atoms with Gasteiger partial charge in [-0.15, -0.1) is 0 Å². The van der Waals surface area contributed by atoms with E-state index in [0.29, 0.717) is 18.3 Å². The monoisotopic (exact) mass is 224 g/mol. The lowest BCUT2D eigenvalue weighted by atomic mass is 10.3. The highest BCUT2D eigenvalue weighted by Crippen LogP contribution is 2.07. The normalized spacial score (nSPS) is 12.3. The highest BCUT2D eigenvalue weighted by Gasteiger charge is 2.04. The zero-order valence-electron chi connectivity index (χ0n) is 9.12. The molecule has 4 heteroatoms. The fraction of sp³-hybridized carbons (Fsp3) is 0.545. The SMILES string of the molecule is CCSCC(C)NCc1ccc(C#N)o1. The first-order valence-corrected chi connectivity index (χ1v) is 6.21. The van der Waals surface area contributed by atoms with E-state index >= 15 is 0 Å². The molecule has 1 aromatic rings. The third kappa shape index (κ3) is 4.41. The molecule has 0 spiro atoms. The fourth-order valence-electron chi connectivity index (χ4n) is 1.16. The van der Waals surface area contributed by atoms with E-state index in [1.54, 1.807) is 6.07 Å². The van der Waals surface area contributed by atoms with E-state index in [1.807, 2.05) is 23.9 Å². The smallest absolute Gasteiger partial charge is 0.203 e. The van der Waals surface area contributed by atoms with Gasteiger partial charge in [0.25, 0.3) is 0 Å². The lowest BCUT2D eigenvalue weighted by Crippen LogP contribution is -2.27. The first kappa shape index (κ1) is 12.2. The van der Waals surface area contributed by atoms with Crippen molar-refractivity contribution in [3.8, 4) is 6.07 Å². The van der Waals surface area contributed by atoms with Crippen LogP contribution in [0.1, 0.15) is 25.4 Å². The molecule has 0 aliphatic carbocycles. The first-order chi connectivity index (χ1) is 7.26. The summed E-state index contributed by atoms with van der Waals surface area (Å²) in [6.07, 6.45) is 0. The zero-order chi connectivity index (χ0) is 11.1. The van der Waals surface area contributed by atoms with Gasteiger partial charge in [-0.1, -0.05) is 6.92 Å². The minimum absolute atomic E-state index is 0.377. The van der Waals surface area contributed by atoms with Crippen molar-refractivity contribution in [3.05, 3.63) is 23.7 Å². The second-order valence-corrected chi connectivity index (χ2v) is 4.64. The molecule has 3 nitrogen and oxygen atoms in total. The Labute approximate surface area is 94.8 Å². The molecular formula is C11H16N2OS. The number of rotatable bonds is 6. The fourth-order valence-corrected chi connectivity index (χ4v) is 1.87. The van der Waals surface area contributed by atoms with Crippen molar-refractivity contribution in [1.82, 2.24) is 5.32 Å². The third-order valence-electron chi connectivity index (χ3n) is 1.97. The van der Waals surface area contributed by atoms with Gasteiger partial charge in [0, 0.05) is 11.8 Å². The van der Waals surface area contributed by atoms with E-state index < -0.39 is 0 Å². The largest absolute Gasteiger partial charge is 0.449 e. The van der Waals surface area contributed by atoms with Crippen LogP contribution in [0.25, 0.3) is 0 Å². The van der Waals surface area contributed by atoms with Crippen LogP contribution >= 0.6 is 11.8 Å². The summed E-state index contributed by atoms with van der Waals surface area (Å²) in [6.45, 7) is 4.99. The standard InChI is InChI=1S/C11H16N2OS/c1-3-15-8-9(2)13-7-11-5-4-10(6-12)14-11/h4-5,9,13H,3,7-8H2,1-2H3. The summed E-state index contributed by atoms with van der Waals surface area (Å²) in [7, 11) is 0. The Kier molecular flexibility index (Phi) is 5.30. The van der Waals surface area contributed by atoms with Crippen molar-refractivity contribution in [1.29, 1.82) is 5.26 Å². The molecule has 0 radical (unpaired) electrons. The minimum atomic E-state index is 0.377. The molecule has 82 valence electrons. The van der Waals surface area contributed by atoms with E-state index in [-0.39, 0.29) is 0 Å². The maximum atomic E-state index is 8.58. The molecule has 1 rings (SSSR count). The van der Waals surface area contributed by atoms with Gasteiger partial charge >= 0.3 is 0 Å². The number of furan rings is 1. The Morgan fingerprint density at radius 2 is 2.40 bits per heavy atom. The van der Waals surface area contributed by atoms with Gasteiger partial charge in [0.05, 0.1) is 6.54 Å². The highest BCUT2D eigenvalue weighted by atomic mass is 32.2. The Bertz CT molecular complexity index is 330.